The molecule has 2 rings (SSSR count). The van der Waals surface area contributed by atoms with Gasteiger partial charge in [0.25, 0.3) is 0 Å². The Kier molecular flexibility index (Phi) is 2.96. The highest BCUT2D eigenvalue weighted by Crippen LogP contribution is 2.11. The van der Waals surface area contributed by atoms with Crippen LogP contribution in [0.5, 0.6) is 0 Å². The fraction of sp³-hybridized carbons (Fsp3) is 0.300. The highest BCUT2D eigenvalue weighted by molar-refractivity contribution is 7.09. The third-order valence-electron chi connectivity index (χ3n) is 2.11. The molecule has 0 saturated carbocycles. The van der Waals surface area contributed by atoms with E-state index in [-0.39, 0.29) is 0 Å². The van der Waals surface area contributed by atoms with Crippen LogP contribution in [0, 0.1) is 6.92 Å². The van der Waals surface area contributed by atoms with Crippen LogP contribution in [0.4, 0.5) is 0 Å². The topological polar surface area (TPSA) is 40.7 Å². The summed E-state index contributed by atoms with van der Waals surface area (Å²) in [6, 6.07) is 4.08. The van der Waals surface area contributed by atoms with Gasteiger partial charge in [0, 0.05) is 29.9 Å². The molecule has 2 N–H and O–H groups in total. The third kappa shape index (κ3) is 2.21. The number of aromatic nitrogens is 2. The second-order valence-electron chi connectivity index (χ2n) is 3.16. The lowest BCUT2D eigenvalue weighted by Crippen LogP contribution is -2.12. The summed E-state index contributed by atoms with van der Waals surface area (Å²) in [6.45, 7) is 3.82. The molecular weight excluding hydrogens is 194 g/mol. The minimum absolute atomic E-state index is 0.879. The van der Waals surface area contributed by atoms with Gasteiger partial charge in [0.15, 0.2) is 0 Å². The first kappa shape index (κ1) is 9.43. The highest BCUT2D eigenvalue weighted by atomic mass is 32.1. The first-order chi connectivity index (χ1) is 6.86. The van der Waals surface area contributed by atoms with E-state index in [1.165, 1.54) is 10.6 Å². The van der Waals surface area contributed by atoms with Gasteiger partial charge in [-0.15, -0.1) is 11.3 Å². The van der Waals surface area contributed by atoms with Gasteiger partial charge in [-0.3, -0.25) is 0 Å². The predicted molar refractivity (Wildman–Crippen MR) is 58.2 cm³/mol. The lowest BCUT2D eigenvalue weighted by atomic mass is 10.3. The number of thiazole rings is 1. The van der Waals surface area contributed by atoms with Crippen LogP contribution < -0.4 is 5.32 Å². The number of hydrogen-bond acceptors (Lipinski definition) is 3. The van der Waals surface area contributed by atoms with E-state index in [1.54, 1.807) is 11.3 Å². The normalized spacial score (nSPS) is 10.6. The maximum atomic E-state index is 4.20. The van der Waals surface area contributed by atoms with Gasteiger partial charge in [0.1, 0.15) is 0 Å². The van der Waals surface area contributed by atoms with Crippen LogP contribution in [-0.4, -0.2) is 9.97 Å². The molecule has 74 valence electrons. The maximum Gasteiger partial charge on any atom is 0.0798 e. The number of hydrogen-bond donors (Lipinski definition) is 2. The third-order valence-corrected chi connectivity index (χ3v) is 3.04. The molecule has 3 nitrogen and oxygen atoms in total. The fourth-order valence-electron chi connectivity index (χ4n) is 1.28. The molecule has 0 aliphatic rings. The summed E-state index contributed by atoms with van der Waals surface area (Å²) >= 11 is 1.70. The highest BCUT2D eigenvalue weighted by Gasteiger charge is 2.00. The number of rotatable bonds is 4. The van der Waals surface area contributed by atoms with Crippen LogP contribution in [0.25, 0.3) is 0 Å². The molecule has 0 fully saturated rings. The average Bonchev–Trinajstić information content (AvgIpc) is 2.78. The Morgan fingerprint density at radius 1 is 1.50 bits per heavy atom. The molecule has 2 heterocycles. The van der Waals surface area contributed by atoms with Crippen molar-refractivity contribution in [3.63, 3.8) is 0 Å². The molecule has 14 heavy (non-hydrogen) atoms. The molecule has 0 atom stereocenters. The molecule has 0 radical (unpaired) electrons. The Hall–Kier alpha value is -1.13. The lowest BCUT2D eigenvalue weighted by Gasteiger charge is -2.01. The van der Waals surface area contributed by atoms with Crippen LogP contribution in [-0.2, 0) is 13.1 Å². The number of H-pyrrole nitrogens is 1. The Bertz CT molecular complexity index is 378. The van der Waals surface area contributed by atoms with Crippen molar-refractivity contribution < 1.29 is 0 Å². The number of aryl methyl sites for hydroxylation is 1. The van der Waals surface area contributed by atoms with Gasteiger partial charge in [0.2, 0.25) is 0 Å². The summed E-state index contributed by atoms with van der Waals surface area (Å²) < 4.78 is 0. The van der Waals surface area contributed by atoms with Crippen molar-refractivity contribution >= 4 is 11.3 Å². The van der Waals surface area contributed by atoms with Gasteiger partial charge in [0.05, 0.1) is 11.2 Å². The summed E-state index contributed by atoms with van der Waals surface area (Å²) in [5.41, 5.74) is 4.24. The zero-order valence-corrected chi connectivity index (χ0v) is 8.90. The van der Waals surface area contributed by atoms with E-state index < -0.39 is 0 Å². The first-order valence-corrected chi connectivity index (χ1v) is 5.46. The molecular formula is C10H13N3S. The summed E-state index contributed by atoms with van der Waals surface area (Å²) in [7, 11) is 0. The van der Waals surface area contributed by atoms with Gasteiger partial charge in [-0.2, -0.15) is 0 Å². The largest absolute Gasteiger partial charge is 0.364 e. The van der Waals surface area contributed by atoms with Crippen LogP contribution in [0.3, 0.4) is 0 Å². The standard InChI is InChI=1S/C10H13N3S/c1-8-10(14-7-13-8)6-11-5-9-3-2-4-12-9/h2-4,7,11-12H,5-6H2,1H3. The molecule has 0 unspecified atom stereocenters. The van der Waals surface area contributed by atoms with E-state index in [0.717, 1.165) is 18.8 Å². The van der Waals surface area contributed by atoms with Crippen molar-refractivity contribution in [1.82, 2.24) is 15.3 Å². The summed E-state index contributed by atoms with van der Waals surface area (Å²) in [5, 5.41) is 3.37. The van der Waals surface area contributed by atoms with Crippen LogP contribution in [0.1, 0.15) is 16.3 Å². The molecule has 0 aliphatic heterocycles. The van der Waals surface area contributed by atoms with E-state index in [1.807, 2.05) is 24.7 Å². The van der Waals surface area contributed by atoms with Crippen molar-refractivity contribution in [2.24, 2.45) is 0 Å². The molecule has 2 aromatic rings. The Morgan fingerprint density at radius 3 is 3.07 bits per heavy atom. The molecule has 0 spiro atoms. The SMILES string of the molecule is Cc1ncsc1CNCc1ccc[nH]1. The summed E-state index contributed by atoms with van der Waals surface area (Å²) in [4.78, 5) is 8.68. The molecule has 0 saturated heterocycles. The van der Waals surface area contributed by atoms with Gasteiger partial charge < -0.3 is 10.3 Å². The van der Waals surface area contributed by atoms with Gasteiger partial charge in [-0.05, 0) is 19.1 Å². The zero-order valence-electron chi connectivity index (χ0n) is 8.08. The van der Waals surface area contributed by atoms with Crippen molar-refractivity contribution in [3.05, 3.63) is 40.1 Å². The Balaban J connectivity index is 1.81. The van der Waals surface area contributed by atoms with E-state index in [2.05, 4.69) is 21.4 Å². The smallest absolute Gasteiger partial charge is 0.0798 e. The van der Waals surface area contributed by atoms with Crippen LogP contribution in [0.15, 0.2) is 23.8 Å². The van der Waals surface area contributed by atoms with E-state index in [9.17, 15) is 0 Å². The molecule has 0 bridgehead atoms. The Morgan fingerprint density at radius 2 is 2.43 bits per heavy atom. The molecule has 0 amide bonds. The maximum absolute atomic E-state index is 4.20. The second kappa shape index (κ2) is 4.39. The summed E-state index contributed by atoms with van der Waals surface area (Å²) in [5.74, 6) is 0. The zero-order chi connectivity index (χ0) is 9.80. The van der Waals surface area contributed by atoms with Gasteiger partial charge in [-0.25, -0.2) is 4.98 Å². The Labute approximate surface area is 87.2 Å². The van der Waals surface area contributed by atoms with Crippen molar-refractivity contribution in [1.29, 1.82) is 0 Å². The molecule has 2 aromatic heterocycles. The van der Waals surface area contributed by atoms with Crippen molar-refractivity contribution in [3.8, 4) is 0 Å². The second-order valence-corrected chi connectivity index (χ2v) is 4.10. The minimum Gasteiger partial charge on any atom is -0.364 e. The van der Waals surface area contributed by atoms with Gasteiger partial charge >= 0.3 is 0 Å². The van der Waals surface area contributed by atoms with Crippen LogP contribution in [0.2, 0.25) is 0 Å². The summed E-state index contributed by atoms with van der Waals surface area (Å²) in [6.07, 6.45) is 1.94. The molecule has 0 aromatic carbocycles. The van der Waals surface area contributed by atoms with Crippen molar-refractivity contribution in [2.45, 2.75) is 20.0 Å². The molecule has 0 aliphatic carbocycles. The minimum atomic E-state index is 0.879. The van der Waals surface area contributed by atoms with Crippen molar-refractivity contribution in [2.75, 3.05) is 0 Å². The van der Waals surface area contributed by atoms with Gasteiger partial charge in [-0.1, -0.05) is 0 Å². The van der Waals surface area contributed by atoms with E-state index in [0.29, 0.717) is 0 Å². The lowest BCUT2D eigenvalue weighted by molar-refractivity contribution is 0.686. The number of nitrogens with one attached hydrogen (secondary N) is 2. The average molecular weight is 207 g/mol. The molecule has 4 heteroatoms. The number of aromatic amines is 1. The van der Waals surface area contributed by atoms with E-state index in [4.69, 9.17) is 0 Å². The first-order valence-electron chi connectivity index (χ1n) is 4.58. The number of nitrogens with zero attached hydrogens (tertiary/aromatic N) is 1. The quantitative estimate of drug-likeness (QED) is 0.805. The fourth-order valence-corrected chi connectivity index (χ4v) is 2.03. The monoisotopic (exact) mass is 207 g/mol. The predicted octanol–water partition coefficient (Wildman–Crippen LogP) is 2.07. The van der Waals surface area contributed by atoms with Crippen LogP contribution >= 0.6 is 11.3 Å². The van der Waals surface area contributed by atoms with E-state index >= 15 is 0 Å².